The Morgan fingerprint density at radius 1 is 0.794 bits per heavy atom. The van der Waals surface area contributed by atoms with Gasteiger partial charge in [0, 0.05) is 17.7 Å². The third kappa shape index (κ3) is 7.45. The zero-order valence-corrected chi connectivity index (χ0v) is 17.9. The van der Waals surface area contributed by atoms with Gasteiger partial charge >= 0.3 is 5.97 Å². The predicted molar refractivity (Wildman–Crippen MR) is 121 cm³/mol. The summed E-state index contributed by atoms with van der Waals surface area (Å²) in [7, 11) is 0. The molecular formula is C24H21N3O7. The molecule has 0 bridgehead atoms. The van der Waals surface area contributed by atoms with Crippen molar-refractivity contribution in [3.05, 3.63) is 100 Å². The van der Waals surface area contributed by atoms with E-state index < -0.39 is 16.8 Å². The Hall–Kier alpha value is -4.73. The molecule has 0 fully saturated rings. The number of hydrogen-bond donors (Lipinski definition) is 2. The van der Waals surface area contributed by atoms with Crippen LogP contribution in [-0.2, 0) is 20.9 Å². The molecule has 0 aliphatic carbocycles. The lowest BCUT2D eigenvalue weighted by molar-refractivity contribution is -0.384. The fraction of sp³-hybridized carbons (Fsp3) is 0.125. The van der Waals surface area contributed by atoms with E-state index in [2.05, 4.69) is 10.6 Å². The average Bonchev–Trinajstić information content (AvgIpc) is 2.86. The van der Waals surface area contributed by atoms with Gasteiger partial charge < -0.3 is 20.1 Å². The van der Waals surface area contributed by atoms with E-state index in [0.29, 0.717) is 22.6 Å². The second kappa shape index (κ2) is 11.8. The summed E-state index contributed by atoms with van der Waals surface area (Å²) >= 11 is 0. The Morgan fingerprint density at radius 2 is 1.41 bits per heavy atom. The minimum atomic E-state index is -0.631. The van der Waals surface area contributed by atoms with Crippen molar-refractivity contribution in [1.82, 2.24) is 10.6 Å². The number of ether oxygens (including phenoxy) is 2. The van der Waals surface area contributed by atoms with Crippen LogP contribution in [-0.4, -0.2) is 35.8 Å². The first-order valence-electron chi connectivity index (χ1n) is 10.2. The standard InChI is InChI=1S/C24H21N3O7/c28-22(14-26-24(30)18-4-2-1-3-5-18)25-15-23(29)33-16-17-6-10-20(11-7-17)34-21-12-8-19(9-13-21)27(31)32/h1-13H,14-16H2,(H,25,28)(H,26,30). The van der Waals surface area contributed by atoms with Gasteiger partial charge in [0.15, 0.2) is 0 Å². The van der Waals surface area contributed by atoms with Gasteiger partial charge in [-0.2, -0.15) is 0 Å². The SMILES string of the molecule is O=C(CNC(=O)c1ccccc1)NCC(=O)OCc1ccc(Oc2ccc([N+](=O)[O-])cc2)cc1. The van der Waals surface area contributed by atoms with Crippen LogP contribution in [0.1, 0.15) is 15.9 Å². The van der Waals surface area contributed by atoms with Crippen LogP contribution < -0.4 is 15.4 Å². The highest BCUT2D eigenvalue weighted by atomic mass is 16.6. The van der Waals surface area contributed by atoms with Crippen LogP contribution in [0.5, 0.6) is 11.5 Å². The van der Waals surface area contributed by atoms with E-state index in [4.69, 9.17) is 9.47 Å². The van der Waals surface area contributed by atoms with Crippen LogP contribution in [0.3, 0.4) is 0 Å². The molecule has 0 saturated carbocycles. The minimum Gasteiger partial charge on any atom is -0.460 e. The first kappa shape index (κ1) is 23.9. The van der Waals surface area contributed by atoms with Crippen molar-refractivity contribution in [3.63, 3.8) is 0 Å². The van der Waals surface area contributed by atoms with E-state index >= 15 is 0 Å². The minimum absolute atomic E-state index is 0.00272. The molecule has 0 heterocycles. The number of non-ortho nitro benzene ring substituents is 1. The Kier molecular flexibility index (Phi) is 8.28. The largest absolute Gasteiger partial charge is 0.460 e. The predicted octanol–water partition coefficient (Wildman–Crippen LogP) is 2.98. The van der Waals surface area contributed by atoms with Gasteiger partial charge in [0.1, 0.15) is 24.7 Å². The van der Waals surface area contributed by atoms with E-state index in [1.54, 1.807) is 54.6 Å². The molecule has 2 N–H and O–H groups in total. The van der Waals surface area contributed by atoms with E-state index in [0.717, 1.165) is 0 Å². The monoisotopic (exact) mass is 463 g/mol. The molecule has 174 valence electrons. The molecule has 10 heteroatoms. The molecule has 3 aromatic rings. The number of esters is 1. The quantitative estimate of drug-likeness (QED) is 0.268. The van der Waals surface area contributed by atoms with Crippen LogP contribution in [0.4, 0.5) is 5.69 Å². The van der Waals surface area contributed by atoms with Crippen molar-refractivity contribution in [3.8, 4) is 11.5 Å². The molecule has 3 aromatic carbocycles. The molecule has 0 unspecified atom stereocenters. The second-order valence-corrected chi connectivity index (χ2v) is 6.98. The fourth-order valence-corrected chi connectivity index (χ4v) is 2.73. The Labute approximate surface area is 194 Å². The van der Waals surface area contributed by atoms with Gasteiger partial charge in [-0.1, -0.05) is 30.3 Å². The summed E-state index contributed by atoms with van der Waals surface area (Å²) in [5.74, 6) is -0.587. The number of hydrogen-bond acceptors (Lipinski definition) is 7. The van der Waals surface area contributed by atoms with E-state index in [1.807, 2.05) is 0 Å². The molecule has 3 rings (SSSR count). The van der Waals surface area contributed by atoms with E-state index in [-0.39, 0.29) is 31.3 Å². The summed E-state index contributed by atoms with van der Waals surface area (Å²) < 4.78 is 10.7. The van der Waals surface area contributed by atoms with Gasteiger partial charge in [-0.05, 0) is 42.0 Å². The summed E-state index contributed by atoms with van der Waals surface area (Å²) in [6, 6.07) is 20.9. The highest BCUT2D eigenvalue weighted by Gasteiger charge is 2.10. The number of amides is 2. The number of benzene rings is 3. The number of rotatable bonds is 10. The average molecular weight is 463 g/mol. The van der Waals surface area contributed by atoms with Gasteiger partial charge in [-0.25, -0.2) is 0 Å². The smallest absolute Gasteiger partial charge is 0.325 e. The van der Waals surface area contributed by atoms with Gasteiger partial charge in [-0.3, -0.25) is 24.5 Å². The fourth-order valence-electron chi connectivity index (χ4n) is 2.73. The van der Waals surface area contributed by atoms with Crippen LogP contribution in [0.15, 0.2) is 78.9 Å². The summed E-state index contributed by atoms with van der Waals surface area (Å²) in [5, 5.41) is 15.5. The molecule has 0 saturated heterocycles. The molecule has 10 nitrogen and oxygen atoms in total. The third-order valence-electron chi connectivity index (χ3n) is 4.48. The van der Waals surface area contributed by atoms with Crippen molar-refractivity contribution in [2.45, 2.75) is 6.61 Å². The highest BCUT2D eigenvalue weighted by Crippen LogP contribution is 2.24. The second-order valence-electron chi connectivity index (χ2n) is 6.98. The zero-order valence-electron chi connectivity index (χ0n) is 17.9. The summed E-state index contributed by atoms with van der Waals surface area (Å²) in [5.41, 5.74) is 1.10. The van der Waals surface area contributed by atoms with Gasteiger partial charge in [0.25, 0.3) is 11.6 Å². The van der Waals surface area contributed by atoms with Crippen LogP contribution >= 0.6 is 0 Å². The van der Waals surface area contributed by atoms with Crippen molar-refractivity contribution in [2.75, 3.05) is 13.1 Å². The number of nitro benzene ring substituents is 1. The molecular weight excluding hydrogens is 442 g/mol. The van der Waals surface area contributed by atoms with Crippen molar-refractivity contribution < 1.29 is 28.8 Å². The molecule has 0 atom stereocenters. The first-order valence-corrected chi connectivity index (χ1v) is 10.2. The van der Waals surface area contributed by atoms with Crippen LogP contribution in [0.2, 0.25) is 0 Å². The van der Waals surface area contributed by atoms with Gasteiger partial charge in [0.2, 0.25) is 5.91 Å². The zero-order chi connectivity index (χ0) is 24.3. The number of carbonyl (C=O) groups is 3. The topological polar surface area (TPSA) is 137 Å². The molecule has 0 spiro atoms. The first-order chi connectivity index (χ1) is 16.4. The Morgan fingerprint density at radius 3 is 2.03 bits per heavy atom. The Bertz CT molecular complexity index is 1150. The molecule has 0 aromatic heterocycles. The number of nitro groups is 1. The van der Waals surface area contributed by atoms with Crippen molar-refractivity contribution in [2.24, 2.45) is 0 Å². The maximum absolute atomic E-state index is 11.9. The molecule has 0 aliphatic rings. The molecule has 2 amide bonds. The summed E-state index contributed by atoms with van der Waals surface area (Å²) in [6.45, 7) is -0.601. The molecule has 34 heavy (non-hydrogen) atoms. The highest BCUT2D eigenvalue weighted by molar-refractivity contribution is 5.96. The summed E-state index contributed by atoms with van der Waals surface area (Å²) in [6.07, 6.45) is 0. The maximum Gasteiger partial charge on any atom is 0.325 e. The third-order valence-corrected chi connectivity index (χ3v) is 4.48. The van der Waals surface area contributed by atoms with Crippen LogP contribution in [0.25, 0.3) is 0 Å². The van der Waals surface area contributed by atoms with Crippen molar-refractivity contribution in [1.29, 1.82) is 0 Å². The lowest BCUT2D eigenvalue weighted by atomic mass is 10.2. The molecule has 0 radical (unpaired) electrons. The molecule has 0 aliphatic heterocycles. The number of nitrogens with zero attached hydrogens (tertiary/aromatic N) is 1. The normalized spacial score (nSPS) is 10.1. The van der Waals surface area contributed by atoms with Gasteiger partial charge in [0.05, 0.1) is 11.5 Å². The summed E-state index contributed by atoms with van der Waals surface area (Å²) in [4.78, 5) is 45.8. The Balaban J connectivity index is 1.36. The number of carbonyl (C=O) groups excluding carboxylic acids is 3. The van der Waals surface area contributed by atoms with Gasteiger partial charge in [-0.15, -0.1) is 0 Å². The van der Waals surface area contributed by atoms with E-state index in [9.17, 15) is 24.5 Å². The van der Waals surface area contributed by atoms with Crippen molar-refractivity contribution >= 4 is 23.5 Å². The lowest BCUT2D eigenvalue weighted by Crippen LogP contribution is -2.39. The maximum atomic E-state index is 11.9. The lowest BCUT2D eigenvalue weighted by Gasteiger charge is -2.09. The van der Waals surface area contributed by atoms with Crippen LogP contribution in [0, 0.1) is 10.1 Å². The van der Waals surface area contributed by atoms with E-state index in [1.165, 1.54) is 24.3 Å². The number of nitrogens with one attached hydrogen (secondary N) is 2.